The van der Waals surface area contributed by atoms with Crippen molar-refractivity contribution in [1.29, 1.82) is 0 Å². The van der Waals surface area contributed by atoms with Gasteiger partial charge in [-0.25, -0.2) is 9.18 Å². The highest BCUT2D eigenvalue weighted by molar-refractivity contribution is 6.14. The Kier molecular flexibility index (Phi) is 7.56. The van der Waals surface area contributed by atoms with Gasteiger partial charge in [-0.15, -0.1) is 0 Å². The molecule has 41 heavy (non-hydrogen) atoms. The van der Waals surface area contributed by atoms with Gasteiger partial charge in [-0.3, -0.25) is 19.5 Å². The molecule has 0 amide bonds. The Balaban J connectivity index is 1.80. The van der Waals surface area contributed by atoms with Gasteiger partial charge in [0, 0.05) is 35.3 Å². The molecule has 0 unspecified atom stereocenters. The Morgan fingerprint density at radius 2 is 1.68 bits per heavy atom. The van der Waals surface area contributed by atoms with Crippen LogP contribution in [0.3, 0.4) is 0 Å². The summed E-state index contributed by atoms with van der Waals surface area (Å²) in [7, 11) is 3.99. The molecule has 3 aromatic rings. The summed E-state index contributed by atoms with van der Waals surface area (Å²) in [5.41, 5.74) is 9.05. The third-order valence-electron chi connectivity index (χ3n) is 7.55. The molecular weight excluding hydrogens is 529 g/mol. The monoisotopic (exact) mass is 557 g/mol. The number of benzene rings is 2. The Morgan fingerprint density at radius 1 is 0.976 bits per heavy atom. The van der Waals surface area contributed by atoms with Gasteiger partial charge in [-0.05, 0) is 60.0 Å². The fourth-order valence-electron chi connectivity index (χ4n) is 5.66. The minimum atomic E-state index is -1.21. The molecule has 210 valence electrons. The minimum absolute atomic E-state index is 0.00318. The van der Waals surface area contributed by atoms with Gasteiger partial charge in [0.1, 0.15) is 23.3 Å². The summed E-state index contributed by atoms with van der Waals surface area (Å²) in [4.78, 5) is 46.8. The molecule has 2 aliphatic rings. The van der Waals surface area contributed by atoms with E-state index in [1.807, 2.05) is 0 Å². The van der Waals surface area contributed by atoms with Crippen molar-refractivity contribution in [3.8, 4) is 5.75 Å². The van der Waals surface area contributed by atoms with Crippen LogP contribution in [0.15, 0.2) is 95.7 Å². The van der Waals surface area contributed by atoms with Crippen LogP contribution in [0.2, 0.25) is 0 Å². The second-order valence-electron chi connectivity index (χ2n) is 9.63. The first-order valence-electron chi connectivity index (χ1n) is 12.8. The van der Waals surface area contributed by atoms with Gasteiger partial charge in [0.15, 0.2) is 5.78 Å². The van der Waals surface area contributed by atoms with Crippen LogP contribution in [-0.4, -0.2) is 44.0 Å². The summed E-state index contributed by atoms with van der Waals surface area (Å²) in [5, 5.41) is 0. The first kappa shape index (κ1) is 27.6. The number of pyridine rings is 1. The van der Waals surface area contributed by atoms with Crippen molar-refractivity contribution in [2.24, 2.45) is 11.7 Å². The Hall–Kier alpha value is -4.99. The number of nitrogens with two attached hydrogens (primary N) is 1. The molecule has 9 nitrogen and oxygen atoms in total. The maximum Gasteiger partial charge on any atom is 0.338 e. The second-order valence-corrected chi connectivity index (χ2v) is 9.63. The summed E-state index contributed by atoms with van der Waals surface area (Å²) in [6, 6.07) is 16.0. The molecule has 1 aromatic heterocycles. The predicted octanol–water partition coefficient (Wildman–Crippen LogP) is 3.98. The van der Waals surface area contributed by atoms with E-state index in [0.717, 1.165) is 0 Å². The second kappa shape index (κ2) is 11.2. The van der Waals surface area contributed by atoms with E-state index in [4.69, 9.17) is 19.9 Å². The van der Waals surface area contributed by atoms with Crippen molar-refractivity contribution < 1.29 is 33.0 Å². The first-order valence-corrected chi connectivity index (χ1v) is 12.8. The lowest BCUT2D eigenvalue weighted by molar-refractivity contribution is -0.150. The number of halogens is 1. The molecule has 0 bridgehead atoms. The van der Waals surface area contributed by atoms with Crippen molar-refractivity contribution in [2.45, 2.75) is 18.3 Å². The number of Topliss-reactive ketones (excluding diaryl/α,β-unsaturated/α-hetero) is 1. The van der Waals surface area contributed by atoms with Crippen LogP contribution in [0, 0.1) is 11.7 Å². The highest BCUT2D eigenvalue weighted by Gasteiger charge is 2.51. The number of carbonyl (C=O) groups is 3. The molecular formula is C31H28FN3O6. The van der Waals surface area contributed by atoms with Crippen molar-refractivity contribution >= 4 is 23.4 Å². The fourth-order valence-corrected chi connectivity index (χ4v) is 5.66. The van der Waals surface area contributed by atoms with Crippen LogP contribution in [0.25, 0.3) is 0 Å². The van der Waals surface area contributed by atoms with E-state index < -0.39 is 41.3 Å². The first-order chi connectivity index (χ1) is 19.8. The van der Waals surface area contributed by atoms with Crippen LogP contribution < -0.4 is 15.4 Å². The van der Waals surface area contributed by atoms with Gasteiger partial charge in [0.25, 0.3) is 0 Å². The topological polar surface area (TPSA) is 121 Å². The number of esters is 2. The maximum atomic E-state index is 14.5. The number of hydrogen-bond acceptors (Lipinski definition) is 9. The lowest BCUT2D eigenvalue weighted by Gasteiger charge is -2.44. The molecule has 1 aliphatic heterocycles. The zero-order valence-corrected chi connectivity index (χ0v) is 22.7. The van der Waals surface area contributed by atoms with E-state index in [1.165, 1.54) is 44.7 Å². The number of aromatic nitrogens is 1. The third-order valence-corrected chi connectivity index (χ3v) is 7.55. The molecule has 0 saturated carbocycles. The molecule has 10 heteroatoms. The lowest BCUT2D eigenvalue weighted by Crippen LogP contribution is -2.46. The molecule has 0 fully saturated rings. The van der Waals surface area contributed by atoms with Gasteiger partial charge in [-0.1, -0.05) is 18.2 Å². The number of ether oxygens (including phenoxy) is 3. The Morgan fingerprint density at radius 3 is 2.27 bits per heavy atom. The number of carbonyl (C=O) groups excluding carboxylic acids is 3. The van der Waals surface area contributed by atoms with E-state index in [9.17, 15) is 18.8 Å². The number of rotatable bonds is 6. The van der Waals surface area contributed by atoms with Gasteiger partial charge in [0.2, 0.25) is 0 Å². The molecule has 2 aromatic carbocycles. The molecule has 3 atom stereocenters. The van der Waals surface area contributed by atoms with Crippen molar-refractivity contribution in [1.82, 2.24) is 4.98 Å². The van der Waals surface area contributed by atoms with Crippen LogP contribution in [0.5, 0.6) is 5.75 Å². The Labute approximate surface area is 236 Å². The van der Waals surface area contributed by atoms with Crippen molar-refractivity contribution in [3.63, 3.8) is 0 Å². The summed E-state index contributed by atoms with van der Waals surface area (Å²) < 4.78 is 29.5. The van der Waals surface area contributed by atoms with E-state index in [0.29, 0.717) is 28.3 Å². The maximum absolute atomic E-state index is 14.5. The molecule has 5 rings (SSSR count). The normalized spacial score (nSPS) is 20.4. The largest absolute Gasteiger partial charge is 0.497 e. The number of nitrogens with zero attached hydrogens (tertiary/aromatic N) is 2. The van der Waals surface area contributed by atoms with Gasteiger partial charge >= 0.3 is 11.9 Å². The van der Waals surface area contributed by atoms with Gasteiger partial charge in [0.05, 0.1) is 32.8 Å². The van der Waals surface area contributed by atoms with Crippen LogP contribution >= 0.6 is 0 Å². The standard InChI is InChI=1S/C31H28FN3O6/c1-39-21-12-6-17(7-13-21)22-15-23-26(28(36)25(22)30(37)40-2)24(18-5-4-14-34-16-18)27(31(38)41-3)29(33)35(23)20-10-8-19(32)9-11-20/h4-14,16,22,24-25H,15,33H2,1-3H3/t22-,24+,25-/m1/s1. The molecule has 2 N–H and O–H groups in total. The molecule has 2 heterocycles. The van der Waals surface area contributed by atoms with Crippen molar-refractivity contribution in [3.05, 3.63) is 113 Å². The van der Waals surface area contributed by atoms with Gasteiger partial charge in [-0.2, -0.15) is 0 Å². The zero-order chi connectivity index (χ0) is 29.3. The van der Waals surface area contributed by atoms with E-state index >= 15 is 0 Å². The number of methoxy groups -OCH3 is 3. The summed E-state index contributed by atoms with van der Waals surface area (Å²) in [6.45, 7) is 0. The molecule has 0 saturated heterocycles. The summed E-state index contributed by atoms with van der Waals surface area (Å²) in [5.74, 6) is -4.63. The smallest absolute Gasteiger partial charge is 0.338 e. The quantitative estimate of drug-likeness (QED) is 0.354. The van der Waals surface area contributed by atoms with Crippen LogP contribution in [0.1, 0.15) is 29.4 Å². The Bertz CT molecular complexity index is 1550. The number of ketones is 1. The van der Waals surface area contributed by atoms with E-state index in [-0.39, 0.29) is 23.4 Å². The summed E-state index contributed by atoms with van der Waals surface area (Å²) >= 11 is 0. The van der Waals surface area contributed by atoms with E-state index in [2.05, 4.69) is 4.98 Å². The predicted molar refractivity (Wildman–Crippen MR) is 147 cm³/mol. The van der Waals surface area contributed by atoms with Crippen LogP contribution in [-0.2, 0) is 23.9 Å². The average Bonchev–Trinajstić information content (AvgIpc) is 3.00. The SMILES string of the molecule is COC(=O)C1=C(N)N(c2ccc(F)cc2)C2=C(C(=O)[C@H](C(=O)OC)[C@@H](c3ccc(OC)cc3)C2)[C@@H]1c1cccnc1. The van der Waals surface area contributed by atoms with Crippen LogP contribution in [0.4, 0.5) is 10.1 Å². The highest BCUT2D eigenvalue weighted by atomic mass is 19.1. The summed E-state index contributed by atoms with van der Waals surface area (Å²) in [6.07, 6.45) is 3.28. The third kappa shape index (κ3) is 4.82. The average molecular weight is 558 g/mol. The van der Waals surface area contributed by atoms with Crippen molar-refractivity contribution in [2.75, 3.05) is 26.2 Å². The number of allylic oxidation sites excluding steroid dienone is 2. The van der Waals surface area contributed by atoms with E-state index in [1.54, 1.807) is 54.6 Å². The van der Waals surface area contributed by atoms with Gasteiger partial charge < -0.3 is 19.9 Å². The fraction of sp³-hybridized carbons (Fsp3) is 0.226. The minimum Gasteiger partial charge on any atom is -0.497 e. The molecule has 0 spiro atoms. The molecule has 1 aliphatic carbocycles. The number of anilines is 1. The lowest BCUT2D eigenvalue weighted by atomic mass is 9.67. The number of hydrogen-bond donors (Lipinski definition) is 1. The zero-order valence-electron chi connectivity index (χ0n) is 22.7. The highest BCUT2D eigenvalue weighted by Crippen LogP contribution is 2.51. The molecule has 0 radical (unpaired) electrons.